The first-order valence-corrected chi connectivity index (χ1v) is 8.65. The Labute approximate surface area is 142 Å². The van der Waals surface area contributed by atoms with E-state index in [4.69, 9.17) is 0 Å². The van der Waals surface area contributed by atoms with Gasteiger partial charge in [0, 0.05) is 38.3 Å². The first-order valence-electron chi connectivity index (χ1n) is 8.65. The fourth-order valence-corrected chi connectivity index (χ4v) is 3.89. The fourth-order valence-electron chi connectivity index (χ4n) is 3.89. The maximum absolute atomic E-state index is 12.4. The number of carbonyl (C=O) groups excluding carboxylic acids is 2. The predicted octanol–water partition coefficient (Wildman–Crippen LogP) is 0.380. The number of carbonyl (C=O) groups is 2. The number of hydrogen-bond donors (Lipinski definition) is 2. The predicted molar refractivity (Wildman–Crippen MR) is 88.2 cm³/mol. The number of rotatable bonds is 3. The molecule has 2 fully saturated rings. The molecule has 7 nitrogen and oxygen atoms in total. The van der Waals surface area contributed by atoms with Gasteiger partial charge in [0.15, 0.2) is 0 Å². The Morgan fingerprint density at radius 2 is 2.12 bits per heavy atom. The third-order valence-electron chi connectivity index (χ3n) is 5.32. The number of piperidine rings is 2. The lowest BCUT2D eigenvalue weighted by molar-refractivity contribution is -0.145. The van der Waals surface area contributed by atoms with Crippen LogP contribution in [0, 0.1) is 19.3 Å². The minimum atomic E-state index is -0.496. The molecule has 0 aliphatic carbocycles. The number of aryl methyl sites for hydroxylation is 3. The number of β-amino-alcohol motifs (C(OH)–C–C–N with tert-alkyl or cyclic N) is 1. The van der Waals surface area contributed by atoms with Crippen molar-refractivity contribution in [1.82, 2.24) is 20.0 Å². The number of nitrogens with one attached hydrogen (secondary N) is 1. The van der Waals surface area contributed by atoms with Crippen molar-refractivity contribution in [1.29, 1.82) is 0 Å². The second kappa shape index (κ2) is 6.55. The largest absolute Gasteiger partial charge is 0.391 e. The quantitative estimate of drug-likeness (QED) is 0.836. The Bertz CT molecular complexity index is 632. The van der Waals surface area contributed by atoms with Crippen molar-refractivity contribution < 1.29 is 14.7 Å². The van der Waals surface area contributed by atoms with Gasteiger partial charge in [-0.1, -0.05) is 0 Å². The number of likely N-dealkylation sites (tertiary alicyclic amines) is 1. The van der Waals surface area contributed by atoms with Crippen molar-refractivity contribution in [2.24, 2.45) is 5.41 Å². The molecule has 1 aromatic heterocycles. The normalized spacial score (nSPS) is 23.4. The van der Waals surface area contributed by atoms with Gasteiger partial charge in [0.1, 0.15) is 0 Å². The van der Waals surface area contributed by atoms with Crippen LogP contribution in [0.2, 0.25) is 0 Å². The van der Waals surface area contributed by atoms with E-state index in [0.29, 0.717) is 51.9 Å². The molecule has 0 saturated carbocycles. The third-order valence-corrected chi connectivity index (χ3v) is 5.32. The molecule has 132 valence electrons. The van der Waals surface area contributed by atoms with Crippen LogP contribution in [0.25, 0.3) is 0 Å². The highest BCUT2D eigenvalue weighted by Crippen LogP contribution is 2.38. The summed E-state index contributed by atoms with van der Waals surface area (Å²) in [6.07, 6.45) is 1.70. The Balaban J connectivity index is 1.53. The molecule has 1 aromatic rings. The Kier molecular flexibility index (Phi) is 4.62. The van der Waals surface area contributed by atoms with Crippen molar-refractivity contribution >= 4 is 11.8 Å². The second-order valence-electron chi connectivity index (χ2n) is 7.13. The zero-order valence-corrected chi connectivity index (χ0v) is 14.4. The molecule has 3 rings (SSSR count). The molecule has 0 aromatic carbocycles. The van der Waals surface area contributed by atoms with Crippen LogP contribution < -0.4 is 5.32 Å². The summed E-state index contributed by atoms with van der Waals surface area (Å²) in [5.41, 5.74) is 1.52. The monoisotopic (exact) mass is 334 g/mol. The summed E-state index contributed by atoms with van der Waals surface area (Å²) < 4.78 is 1.86. The number of aliphatic hydroxyl groups excluding tert-OH is 1. The van der Waals surface area contributed by atoms with Gasteiger partial charge in [-0.15, -0.1) is 0 Å². The molecule has 24 heavy (non-hydrogen) atoms. The molecule has 3 heterocycles. The lowest BCUT2D eigenvalue weighted by Gasteiger charge is -2.44. The first-order chi connectivity index (χ1) is 11.4. The summed E-state index contributed by atoms with van der Waals surface area (Å²) in [4.78, 5) is 26.5. The Morgan fingerprint density at radius 3 is 2.75 bits per heavy atom. The Hall–Kier alpha value is -1.89. The van der Waals surface area contributed by atoms with E-state index in [2.05, 4.69) is 10.4 Å². The maximum atomic E-state index is 12.4. The average Bonchev–Trinajstić information content (AvgIpc) is 2.87. The van der Waals surface area contributed by atoms with Crippen molar-refractivity contribution in [3.8, 4) is 0 Å². The van der Waals surface area contributed by atoms with Gasteiger partial charge >= 0.3 is 0 Å². The standard InChI is InChI=1S/C17H26N4O3/c1-12-9-13(2)21(19-12)6-3-15(23)20-7-4-17(5-8-20)10-14(22)11-18-16(17)24/h9,14,22H,3-8,10-11H2,1-2H3,(H,18,24). The van der Waals surface area contributed by atoms with E-state index in [1.54, 1.807) is 0 Å². The summed E-state index contributed by atoms with van der Waals surface area (Å²) in [5.74, 6) is 0.136. The summed E-state index contributed by atoms with van der Waals surface area (Å²) in [6, 6.07) is 2.00. The number of aromatic nitrogens is 2. The second-order valence-corrected chi connectivity index (χ2v) is 7.13. The summed E-state index contributed by atoms with van der Waals surface area (Å²) in [7, 11) is 0. The van der Waals surface area contributed by atoms with E-state index < -0.39 is 11.5 Å². The highest BCUT2D eigenvalue weighted by Gasteiger charge is 2.45. The molecule has 0 bridgehead atoms. The summed E-state index contributed by atoms with van der Waals surface area (Å²) in [6.45, 7) is 6.01. The van der Waals surface area contributed by atoms with Gasteiger partial charge in [0.25, 0.3) is 0 Å². The van der Waals surface area contributed by atoms with Gasteiger partial charge in [-0.2, -0.15) is 5.10 Å². The van der Waals surface area contributed by atoms with Crippen LogP contribution in [0.15, 0.2) is 6.07 Å². The van der Waals surface area contributed by atoms with E-state index in [1.165, 1.54) is 0 Å². The zero-order valence-electron chi connectivity index (χ0n) is 14.4. The minimum absolute atomic E-state index is 0.0301. The van der Waals surface area contributed by atoms with Crippen LogP contribution in [0.5, 0.6) is 0 Å². The first kappa shape index (κ1) is 17.0. The number of aliphatic hydroxyl groups is 1. The van der Waals surface area contributed by atoms with Crippen molar-refractivity contribution in [3.05, 3.63) is 17.5 Å². The molecule has 2 N–H and O–H groups in total. The molecule has 1 unspecified atom stereocenters. The number of hydrogen-bond acceptors (Lipinski definition) is 4. The summed E-state index contributed by atoms with van der Waals surface area (Å²) in [5, 5.41) is 17.0. The van der Waals surface area contributed by atoms with E-state index in [1.807, 2.05) is 29.5 Å². The van der Waals surface area contributed by atoms with Crippen molar-refractivity contribution in [2.75, 3.05) is 19.6 Å². The van der Waals surface area contributed by atoms with Gasteiger partial charge in [-0.05, 0) is 39.2 Å². The number of amides is 2. The molecule has 7 heteroatoms. The van der Waals surface area contributed by atoms with Crippen molar-refractivity contribution in [2.45, 2.75) is 52.2 Å². The van der Waals surface area contributed by atoms with Crippen LogP contribution in [0.3, 0.4) is 0 Å². The topological polar surface area (TPSA) is 87.5 Å². The van der Waals surface area contributed by atoms with Gasteiger partial charge in [-0.25, -0.2) is 0 Å². The fraction of sp³-hybridized carbons (Fsp3) is 0.706. The van der Waals surface area contributed by atoms with Gasteiger partial charge in [0.05, 0.1) is 17.2 Å². The third kappa shape index (κ3) is 3.31. The molecule has 2 amide bonds. The molecule has 0 radical (unpaired) electrons. The highest BCUT2D eigenvalue weighted by atomic mass is 16.3. The molecular weight excluding hydrogens is 308 g/mol. The van der Waals surface area contributed by atoms with Gasteiger partial charge in [0.2, 0.25) is 11.8 Å². The van der Waals surface area contributed by atoms with Crippen molar-refractivity contribution in [3.63, 3.8) is 0 Å². The summed E-state index contributed by atoms with van der Waals surface area (Å²) >= 11 is 0. The van der Waals surface area contributed by atoms with Crippen LogP contribution >= 0.6 is 0 Å². The number of nitrogens with zero attached hydrogens (tertiary/aromatic N) is 3. The van der Waals surface area contributed by atoms with Crippen LogP contribution in [0.4, 0.5) is 0 Å². The van der Waals surface area contributed by atoms with Gasteiger partial charge < -0.3 is 15.3 Å². The SMILES string of the molecule is Cc1cc(C)n(CCC(=O)N2CCC3(CC2)CC(O)CNC3=O)n1. The van der Waals surface area contributed by atoms with E-state index >= 15 is 0 Å². The van der Waals surface area contributed by atoms with E-state index in [0.717, 1.165) is 11.4 Å². The molecule has 2 saturated heterocycles. The van der Waals surface area contributed by atoms with Crippen LogP contribution in [-0.4, -0.2) is 57.3 Å². The average molecular weight is 334 g/mol. The molecular formula is C17H26N4O3. The van der Waals surface area contributed by atoms with E-state index in [9.17, 15) is 14.7 Å². The van der Waals surface area contributed by atoms with Crippen LogP contribution in [-0.2, 0) is 16.1 Å². The smallest absolute Gasteiger partial charge is 0.226 e. The zero-order chi connectivity index (χ0) is 17.3. The lowest BCUT2D eigenvalue weighted by Crippen LogP contribution is -2.56. The Morgan fingerprint density at radius 1 is 1.42 bits per heavy atom. The minimum Gasteiger partial charge on any atom is -0.391 e. The lowest BCUT2D eigenvalue weighted by atomic mass is 9.71. The molecule has 2 aliphatic heterocycles. The van der Waals surface area contributed by atoms with Gasteiger partial charge in [-0.3, -0.25) is 14.3 Å². The van der Waals surface area contributed by atoms with Crippen LogP contribution in [0.1, 0.15) is 37.1 Å². The molecule has 2 aliphatic rings. The van der Waals surface area contributed by atoms with E-state index in [-0.39, 0.29) is 11.8 Å². The molecule has 1 atom stereocenters. The maximum Gasteiger partial charge on any atom is 0.226 e. The highest BCUT2D eigenvalue weighted by molar-refractivity contribution is 5.84. The molecule has 1 spiro atoms.